The number of nitrogens with one attached hydrogen (secondary N) is 2. The Labute approximate surface area is 276 Å². The van der Waals surface area contributed by atoms with Gasteiger partial charge in [-0.2, -0.15) is 5.26 Å². The molecule has 0 radical (unpaired) electrons. The third kappa shape index (κ3) is 9.25. The maximum Gasteiger partial charge on any atom is 0.269 e. The molecule has 4 rings (SSSR count). The number of hydrogen-bond donors (Lipinski definition) is 2. The minimum absolute atomic E-state index is 0.0325. The van der Waals surface area contributed by atoms with Gasteiger partial charge in [-0.15, -0.1) is 0 Å². The van der Waals surface area contributed by atoms with Crippen LogP contribution in [0.25, 0.3) is 0 Å². The monoisotopic (exact) mass is 663 g/mol. The molecule has 0 aliphatic rings. The fourth-order valence-electron chi connectivity index (χ4n) is 4.57. The molecule has 0 bridgehead atoms. The second kappa shape index (κ2) is 15.5. The Kier molecular flexibility index (Phi) is 11.5. The van der Waals surface area contributed by atoms with E-state index < -0.39 is 4.92 Å². The molecule has 0 unspecified atom stereocenters. The Morgan fingerprint density at radius 2 is 1.84 bits per heavy atom. The molecule has 232 valence electrons. The Morgan fingerprint density at radius 3 is 2.49 bits per heavy atom. The summed E-state index contributed by atoms with van der Waals surface area (Å²) in [5.41, 5.74) is 3.61. The van der Waals surface area contributed by atoms with Gasteiger partial charge < -0.3 is 20.1 Å². The number of hydrogen-bond acceptors (Lipinski definition) is 6. The smallest absolute Gasteiger partial charge is 0.269 e. The Balaban J connectivity index is 1.49. The molecule has 4 aromatic rings. The molecule has 45 heavy (non-hydrogen) atoms. The topological polar surface area (TPSA) is 129 Å². The number of non-ortho nitro benzene ring substituents is 1. The van der Waals surface area contributed by atoms with E-state index in [-0.39, 0.29) is 30.0 Å². The molecular weight excluding hydrogens is 633 g/mol. The van der Waals surface area contributed by atoms with E-state index in [0.29, 0.717) is 46.0 Å². The summed E-state index contributed by atoms with van der Waals surface area (Å²) < 4.78 is 1.90. The Bertz CT molecular complexity index is 1700. The highest BCUT2D eigenvalue weighted by atomic mass is 35.5. The van der Waals surface area contributed by atoms with E-state index in [2.05, 4.69) is 21.7 Å². The minimum atomic E-state index is -0.467. The highest BCUT2D eigenvalue weighted by Crippen LogP contribution is 2.27. The van der Waals surface area contributed by atoms with Gasteiger partial charge in [0, 0.05) is 55.4 Å². The Hall–Kier alpha value is -4.50. The van der Waals surface area contributed by atoms with Crippen LogP contribution >= 0.6 is 35.4 Å². The van der Waals surface area contributed by atoms with Crippen molar-refractivity contribution in [2.45, 2.75) is 39.4 Å². The lowest BCUT2D eigenvalue weighted by molar-refractivity contribution is -0.384. The van der Waals surface area contributed by atoms with Crippen LogP contribution in [0.5, 0.6) is 0 Å². The third-order valence-electron chi connectivity index (χ3n) is 7.15. The first kappa shape index (κ1) is 33.4. The molecule has 0 saturated carbocycles. The van der Waals surface area contributed by atoms with Crippen molar-refractivity contribution >= 4 is 57.8 Å². The first-order valence-electron chi connectivity index (χ1n) is 14.0. The van der Waals surface area contributed by atoms with E-state index in [1.807, 2.05) is 41.5 Å². The summed E-state index contributed by atoms with van der Waals surface area (Å²) in [6.45, 7) is 5.18. The Morgan fingerprint density at radius 1 is 1.13 bits per heavy atom. The molecule has 0 aliphatic heterocycles. The van der Waals surface area contributed by atoms with Gasteiger partial charge in [-0.25, -0.2) is 4.98 Å². The number of thiocarbonyl (C=S) groups is 1. The first-order valence-corrected chi connectivity index (χ1v) is 15.2. The predicted molar refractivity (Wildman–Crippen MR) is 179 cm³/mol. The first-order chi connectivity index (χ1) is 21.5. The highest BCUT2D eigenvalue weighted by Gasteiger charge is 2.24. The summed E-state index contributed by atoms with van der Waals surface area (Å²) in [6.07, 6.45) is 3.47. The number of halogens is 2. The van der Waals surface area contributed by atoms with E-state index in [1.165, 1.54) is 12.1 Å². The molecular formula is C32H31Cl2N7O3S. The maximum atomic E-state index is 13.4. The van der Waals surface area contributed by atoms with Gasteiger partial charge in [0.05, 0.1) is 39.3 Å². The second-order valence-corrected chi connectivity index (χ2v) is 11.9. The number of carbonyl (C=O) groups excluding carboxylic acids is 1. The molecule has 0 aliphatic carbocycles. The number of anilines is 1. The molecule has 0 saturated heterocycles. The average Bonchev–Trinajstić information content (AvgIpc) is 3.44. The van der Waals surface area contributed by atoms with Gasteiger partial charge in [0.2, 0.25) is 5.91 Å². The standard InChI is InChI=1S/C32H31Cl2N7O3S/c1-21(2)29(38-30(42)14-27-16-36-20-40(27)17-23-8-6-22(15-35)7-9-23)19-39(18-24-4-3-5-28(33)31(24)34)32(45)37-25-10-12-26(13-11-25)41(43)44/h3-13,16,20-21,29H,14,17-19H2,1-2H3,(H,37,45)(H,38,42)/t29-/m1/s1. The van der Waals surface area contributed by atoms with Crippen LogP contribution in [0.15, 0.2) is 79.3 Å². The molecule has 2 N–H and O–H groups in total. The zero-order valence-electron chi connectivity index (χ0n) is 24.6. The van der Waals surface area contributed by atoms with Gasteiger partial charge in [-0.1, -0.05) is 61.3 Å². The SMILES string of the molecule is CC(C)[C@@H](CN(Cc1cccc(Cl)c1Cl)C(=S)Nc1ccc([N+](=O)[O-])cc1)NC(=O)Cc1cncn1Cc1ccc(C#N)cc1. The molecule has 3 aromatic carbocycles. The molecule has 1 atom stereocenters. The van der Waals surface area contributed by atoms with E-state index >= 15 is 0 Å². The lowest BCUT2D eigenvalue weighted by atomic mass is 10.0. The highest BCUT2D eigenvalue weighted by molar-refractivity contribution is 7.80. The average molecular weight is 665 g/mol. The van der Waals surface area contributed by atoms with E-state index in [4.69, 9.17) is 40.7 Å². The quantitative estimate of drug-likeness (QED) is 0.0985. The number of nitro benzene ring substituents is 1. The van der Waals surface area contributed by atoms with Gasteiger partial charge in [-0.3, -0.25) is 14.9 Å². The van der Waals surface area contributed by atoms with Crippen molar-refractivity contribution in [1.82, 2.24) is 19.8 Å². The van der Waals surface area contributed by atoms with Gasteiger partial charge in [0.25, 0.3) is 5.69 Å². The maximum absolute atomic E-state index is 13.4. The number of nitriles is 1. The van der Waals surface area contributed by atoms with E-state index in [0.717, 1.165) is 16.8 Å². The number of rotatable bonds is 12. The second-order valence-electron chi connectivity index (χ2n) is 10.7. The molecule has 1 heterocycles. The largest absolute Gasteiger partial charge is 0.351 e. The number of amides is 1. The van der Waals surface area contributed by atoms with Crippen LogP contribution in [-0.4, -0.2) is 43.0 Å². The summed E-state index contributed by atoms with van der Waals surface area (Å²) in [5, 5.41) is 27.6. The lowest BCUT2D eigenvalue weighted by Crippen LogP contribution is -2.49. The summed E-state index contributed by atoms with van der Waals surface area (Å²) in [7, 11) is 0. The van der Waals surface area contributed by atoms with Crippen molar-refractivity contribution in [3.05, 3.63) is 122 Å². The van der Waals surface area contributed by atoms with Gasteiger partial charge in [0.1, 0.15) is 0 Å². The van der Waals surface area contributed by atoms with Crippen LogP contribution in [0.4, 0.5) is 11.4 Å². The minimum Gasteiger partial charge on any atom is -0.351 e. The number of imidazole rings is 1. The summed E-state index contributed by atoms with van der Waals surface area (Å²) in [6, 6.07) is 20.4. The van der Waals surface area contributed by atoms with Crippen LogP contribution in [0.3, 0.4) is 0 Å². The molecule has 13 heteroatoms. The van der Waals surface area contributed by atoms with Gasteiger partial charge in [0.15, 0.2) is 5.11 Å². The van der Waals surface area contributed by atoms with E-state index in [1.54, 1.807) is 48.9 Å². The van der Waals surface area contributed by atoms with Gasteiger partial charge >= 0.3 is 0 Å². The summed E-state index contributed by atoms with van der Waals surface area (Å²) in [4.78, 5) is 30.1. The van der Waals surface area contributed by atoms with E-state index in [9.17, 15) is 14.9 Å². The fraction of sp³-hybridized carbons (Fsp3) is 0.250. The molecule has 1 amide bonds. The van der Waals surface area contributed by atoms with Crippen LogP contribution in [0, 0.1) is 27.4 Å². The summed E-state index contributed by atoms with van der Waals surface area (Å²) >= 11 is 18.6. The molecule has 0 spiro atoms. The van der Waals surface area contributed by atoms with Gasteiger partial charge in [-0.05, 0) is 59.6 Å². The zero-order valence-corrected chi connectivity index (χ0v) is 26.9. The predicted octanol–water partition coefficient (Wildman–Crippen LogP) is 6.60. The normalized spacial score (nSPS) is 11.5. The lowest BCUT2D eigenvalue weighted by Gasteiger charge is -2.32. The van der Waals surface area contributed by atoms with Crippen LogP contribution < -0.4 is 10.6 Å². The van der Waals surface area contributed by atoms with Crippen molar-refractivity contribution in [3.63, 3.8) is 0 Å². The van der Waals surface area contributed by atoms with Crippen molar-refractivity contribution in [2.24, 2.45) is 5.92 Å². The third-order valence-corrected chi connectivity index (χ3v) is 8.37. The number of aromatic nitrogens is 2. The number of nitro groups is 1. The van der Waals surface area contributed by atoms with Crippen molar-refractivity contribution in [1.29, 1.82) is 5.26 Å². The van der Waals surface area contributed by atoms with Crippen molar-refractivity contribution in [2.75, 3.05) is 11.9 Å². The zero-order chi connectivity index (χ0) is 32.5. The van der Waals surface area contributed by atoms with Crippen LogP contribution in [0.2, 0.25) is 10.0 Å². The van der Waals surface area contributed by atoms with Crippen LogP contribution in [0.1, 0.15) is 36.2 Å². The molecule has 10 nitrogen and oxygen atoms in total. The number of carbonyl (C=O) groups is 1. The number of nitrogens with zero attached hydrogens (tertiary/aromatic N) is 5. The molecule has 1 aromatic heterocycles. The van der Waals surface area contributed by atoms with Crippen molar-refractivity contribution < 1.29 is 9.72 Å². The van der Waals surface area contributed by atoms with Crippen LogP contribution in [-0.2, 0) is 24.3 Å². The summed E-state index contributed by atoms with van der Waals surface area (Å²) in [5.74, 6) is -0.137. The van der Waals surface area contributed by atoms with Crippen molar-refractivity contribution in [3.8, 4) is 6.07 Å². The number of benzene rings is 3. The fourth-order valence-corrected chi connectivity index (χ4v) is 5.20. The molecule has 0 fully saturated rings.